The van der Waals surface area contributed by atoms with E-state index in [0.717, 1.165) is 87.9 Å². The molecular weight excluding hydrogens is 478 g/mol. The molecule has 2 amide bonds. The van der Waals surface area contributed by atoms with Gasteiger partial charge in [0.1, 0.15) is 5.75 Å². The summed E-state index contributed by atoms with van der Waals surface area (Å²) in [7, 11) is 1.62. The van der Waals surface area contributed by atoms with Gasteiger partial charge in [-0.15, -0.1) is 0 Å². The van der Waals surface area contributed by atoms with Crippen LogP contribution in [0.15, 0.2) is 42.5 Å². The smallest absolute Gasteiger partial charge is 0.257 e. The third kappa shape index (κ3) is 6.32. The Balaban J connectivity index is 1.46. The highest BCUT2D eigenvalue weighted by Crippen LogP contribution is 2.35. The molecule has 0 bridgehead atoms. The quantitative estimate of drug-likeness (QED) is 0.551. The first kappa shape index (κ1) is 26.5. The SMILES string of the molecule is COc1ccc(N2CCOCC2)cc1C(=O)N1CCCCCCCCN(C(=O)C2CC2)c2ccccc2C1. The highest BCUT2D eigenvalue weighted by molar-refractivity contribution is 5.99. The van der Waals surface area contributed by atoms with Crippen LogP contribution in [0.1, 0.15) is 67.3 Å². The van der Waals surface area contributed by atoms with E-state index < -0.39 is 0 Å². The van der Waals surface area contributed by atoms with Crippen molar-refractivity contribution in [3.05, 3.63) is 53.6 Å². The van der Waals surface area contributed by atoms with Crippen molar-refractivity contribution in [3.8, 4) is 5.75 Å². The van der Waals surface area contributed by atoms with E-state index in [2.05, 4.69) is 17.0 Å². The van der Waals surface area contributed by atoms with E-state index in [1.54, 1.807) is 7.11 Å². The number of hydrogen-bond donors (Lipinski definition) is 0. The van der Waals surface area contributed by atoms with Gasteiger partial charge < -0.3 is 24.2 Å². The minimum absolute atomic E-state index is 0.0262. The first-order chi connectivity index (χ1) is 18.7. The van der Waals surface area contributed by atoms with Gasteiger partial charge in [0.25, 0.3) is 5.91 Å². The van der Waals surface area contributed by atoms with E-state index in [-0.39, 0.29) is 17.7 Å². The van der Waals surface area contributed by atoms with E-state index in [9.17, 15) is 9.59 Å². The molecule has 7 heteroatoms. The highest BCUT2D eigenvalue weighted by Gasteiger charge is 2.35. The van der Waals surface area contributed by atoms with Gasteiger partial charge in [-0.2, -0.15) is 0 Å². The van der Waals surface area contributed by atoms with Crippen molar-refractivity contribution in [1.82, 2.24) is 4.90 Å². The molecule has 5 rings (SSSR count). The molecule has 7 nitrogen and oxygen atoms in total. The molecule has 2 heterocycles. The minimum atomic E-state index is -0.0262. The Kier molecular flexibility index (Phi) is 8.84. The van der Waals surface area contributed by atoms with Gasteiger partial charge in [0.2, 0.25) is 5.91 Å². The first-order valence-electron chi connectivity index (χ1n) is 14.3. The summed E-state index contributed by atoms with van der Waals surface area (Å²) in [6, 6.07) is 14.0. The Morgan fingerprint density at radius 3 is 2.32 bits per heavy atom. The lowest BCUT2D eigenvalue weighted by Crippen LogP contribution is -2.37. The Labute approximate surface area is 226 Å². The zero-order valence-electron chi connectivity index (χ0n) is 22.7. The van der Waals surface area contributed by atoms with Crippen LogP contribution in [0.4, 0.5) is 11.4 Å². The van der Waals surface area contributed by atoms with Crippen LogP contribution in [-0.4, -0.2) is 63.2 Å². The molecule has 0 radical (unpaired) electrons. The zero-order chi connectivity index (χ0) is 26.3. The summed E-state index contributed by atoms with van der Waals surface area (Å²) in [4.78, 5) is 33.7. The molecule has 1 saturated carbocycles. The number of anilines is 2. The van der Waals surface area contributed by atoms with Crippen molar-refractivity contribution in [2.24, 2.45) is 5.92 Å². The molecule has 0 aromatic heterocycles. The van der Waals surface area contributed by atoms with E-state index in [4.69, 9.17) is 9.47 Å². The van der Waals surface area contributed by atoms with Gasteiger partial charge in [0.05, 0.1) is 25.9 Å². The maximum absolute atomic E-state index is 14.2. The van der Waals surface area contributed by atoms with Crippen LogP contribution in [0.3, 0.4) is 0 Å². The van der Waals surface area contributed by atoms with Gasteiger partial charge in [-0.3, -0.25) is 9.59 Å². The van der Waals surface area contributed by atoms with E-state index in [1.807, 2.05) is 40.1 Å². The average molecular weight is 520 g/mol. The number of ether oxygens (including phenoxy) is 2. The summed E-state index contributed by atoms with van der Waals surface area (Å²) >= 11 is 0. The second-order valence-electron chi connectivity index (χ2n) is 10.7. The fourth-order valence-corrected chi connectivity index (χ4v) is 5.60. The van der Waals surface area contributed by atoms with Crippen molar-refractivity contribution in [3.63, 3.8) is 0 Å². The van der Waals surface area contributed by atoms with Gasteiger partial charge in [0.15, 0.2) is 0 Å². The summed E-state index contributed by atoms with van der Waals surface area (Å²) in [6.07, 6.45) is 8.50. The number of nitrogens with zero attached hydrogens (tertiary/aromatic N) is 3. The second-order valence-corrected chi connectivity index (χ2v) is 10.7. The van der Waals surface area contributed by atoms with Crippen molar-refractivity contribution in [1.29, 1.82) is 0 Å². The molecule has 1 aliphatic carbocycles. The van der Waals surface area contributed by atoms with Crippen LogP contribution in [0.25, 0.3) is 0 Å². The maximum atomic E-state index is 14.2. The minimum Gasteiger partial charge on any atom is -0.496 e. The summed E-state index contributed by atoms with van der Waals surface area (Å²) in [5.41, 5.74) is 3.59. The fraction of sp³-hybridized carbons (Fsp3) is 0.548. The molecule has 2 fully saturated rings. The van der Waals surface area contributed by atoms with Crippen molar-refractivity contribution >= 4 is 23.2 Å². The van der Waals surface area contributed by atoms with Crippen molar-refractivity contribution < 1.29 is 19.1 Å². The summed E-state index contributed by atoms with van der Waals surface area (Å²) < 4.78 is 11.2. The number of para-hydroxylation sites is 1. The number of morpholine rings is 1. The first-order valence-corrected chi connectivity index (χ1v) is 14.3. The molecule has 2 aliphatic heterocycles. The van der Waals surface area contributed by atoms with Crippen LogP contribution in [0, 0.1) is 5.92 Å². The molecule has 38 heavy (non-hydrogen) atoms. The lowest BCUT2D eigenvalue weighted by atomic mass is 10.1. The lowest BCUT2D eigenvalue weighted by Gasteiger charge is -2.31. The maximum Gasteiger partial charge on any atom is 0.257 e. The number of hydrogen-bond acceptors (Lipinski definition) is 5. The monoisotopic (exact) mass is 519 g/mol. The van der Waals surface area contributed by atoms with Crippen LogP contribution in [0.2, 0.25) is 0 Å². The average Bonchev–Trinajstić information content (AvgIpc) is 3.81. The number of methoxy groups -OCH3 is 1. The standard InChI is InChI=1S/C31H41N3O4/c1-37-29-15-14-26(32-18-20-38-21-19-32)22-27(29)31(36)33-16-8-4-2-3-5-9-17-34(30(35)24-12-13-24)28-11-7-6-10-25(28)23-33/h6-7,10-11,14-15,22,24H,2-5,8-9,12-13,16-21,23H2,1H3. The third-order valence-corrected chi connectivity index (χ3v) is 7.97. The number of amides is 2. The van der Waals surface area contributed by atoms with E-state index in [1.165, 1.54) is 0 Å². The van der Waals surface area contributed by atoms with E-state index >= 15 is 0 Å². The van der Waals surface area contributed by atoms with Gasteiger partial charge in [-0.05, 0) is 55.5 Å². The zero-order valence-corrected chi connectivity index (χ0v) is 22.7. The molecule has 0 N–H and O–H groups in total. The summed E-state index contributed by atoms with van der Waals surface area (Å²) in [5.74, 6) is 0.962. The normalized spacial score (nSPS) is 19.6. The van der Waals surface area contributed by atoms with Gasteiger partial charge in [0, 0.05) is 50.0 Å². The second kappa shape index (κ2) is 12.7. The number of carbonyl (C=O) groups excluding carboxylic acids is 2. The predicted molar refractivity (Wildman–Crippen MR) is 150 cm³/mol. The van der Waals surface area contributed by atoms with Crippen LogP contribution in [-0.2, 0) is 16.1 Å². The number of carbonyl (C=O) groups is 2. The molecule has 0 atom stereocenters. The van der Waals surface area contributed by atoms with Crippen LogP contribution >= 0.6 is 0 Å². The van der Waals surface area contributed by atoms with Crippen molar-refractivity contribution in [2.45, 2.75) is 57.9 Å². The Morgan fingerprint density at radius 2 is 1.58 bits per heavy atom. The third-order valence-electron chi connectivity index (χ3n) is 7.97. The summed E-state index contributed by atoms with van der Waals surface area (Å²) in [6.45, 7) is 4.88. The Hall–Kier alpha value is -3.06. The Bertz CT molecular complexity index is 1110. The molecule has 1 saturated heterocycles. The fourth-order valence-electron chi connectivity index (χ4n) is 5.60. The topological polar surface area (TPSA) is 62.3 Å². The Morgan fingerprint density at radius 1 is 0.868 bits per heavy atom. The largest absolute Gasteiger partial charge is 0.496 e. The molecule has 0 unspecified atom stereocenters. The summed E-state index contributed by atoms with van der Waals surface area (Å²) in [5, 5.41) is 0. The van der Waals surface area contributed by atoms with Gasteiger partial charge in [-0.1, -0.05) is 43.9 Å². The number of benzene rings is 2. The lowest BCUT2D eigenvalue weighted by molar-refractivity contribution is -0.119. The van der Waals surface area contributed by atoms with Crippen LogP contribution < -0.4 is 14.5 Å². The number of rotatable bonds is 4. The molecule has 2 aromatic rings. The molecule has 2 aromatic carbocycles. The molecule has 204 valence electrons. The van der Waals surface area contributed by atoms with Gasteiger partial charge in [-0.25, -0.2) is 0 Å². The van der Waals surface area contributed by atoms with Crippen LogP contribution in [0.5, 0.6) is 5.75 Å². The highest BCUT2D eigenvalue weighted by atomic mass is 16.5. The molecular formula is C31H41N3O4. The van der Waals surface area contributed by atoms with Gasteiger partial charge >= 0.3 is 0 Å². The van der Waals surface area contributed by atoms with E-state index in [0.29, 0.717) is 37.6 Å². The van der Waals surface area contributed by atoms with Crippen molar-refractivity contribution in [2.75, 3.05) is 56.3 Å². The molecule has 0 spiro atoms. The molecule has 3 aliphatic rings. The number of fused-ring (bicyclic) bond motifs is 1. The predicted octanol–water partition coefficient (Wildman–Crippen LogP) is 5.27.